The second-order valence-electron chi connectivity index (χ2n) is 3.74. The molecule has 1 saturated carbocycles. The van der Waals surface area contributed by atoms with Crippen LogP contribution >= 0.6 is 0 Å². The predicted molar refractivity (Wildman–Crippen MR) is 60.1 cm³/mol. The monoisotopic (exact) mass is 216 g/mol. The van der Waals surface area contributed by atoms with E-state index in [4.69, 9.17) is 4.74 Å². The maximum atomic E-state index is 5.27. The van der Waals surface area contributed by atoms with Crippen LogP contribution in [0.25, 0.3) is 17.2 Å². The Balaban J connectivity index is 1.99. The Hall–Kier alpha value is -1.91. The normalized spacial score (nSPS) is 14.2. The third-order valence-electron chi connectivity index (χ3n) is 2.39. The number of nitrogens with zero attached hydrogens (tertiary/aromatic N) is 3. The number of H-pyrrole nitrogens is 1. The van der Waals surface area contributed by atoms with E-state index in [1.807, 2.05) is 13.0 Å². The second-order valence-corrected chi connectivity index (χ2v) is 3.74. The summed E-state index contributed by atoms with van der Waals surface area (Å²) in [4.78, 5) is 15.8. The molecule has 3 rings (SSSR count). The first-order chi connectivity index (χ1) is 7.85. The van der Waals surface area contributed by atoms with E-state index in [0.717, 1.165) is 11.3 Å². The van der Waals surface area contributed by atoms with Crippen LogP contribution < -0.4 is 4.74 Å². The summed E-state index contributed by atoms with van der Waals surface area (Å²) in [5.41, 5.74) is 2.87. The largest absolute Gasteiger partial charge is 0.465 e. The molecular weight excluding hydrogens is 204 g/mol. The van der Waals surface area contributed by atoms with E-state index in [9.17, 15) is 0 Å². The highest BCUT2D eigenvalue weighted by Gasteiger charge is 2.12. The molecule has 2 aromatic rings. The molecule has 1 aliphatic rings. The molecule has 0 saturated heterocycles. The lowest BCUT2D eigenvalue weighted by atomic mass is 10.4. The summed E-state index contributed by atoms with van der Waals surface area (Å²) in [5.74, 6) is 0.731. The van der Waals surface area contributed by atoms with Gasteiger partial charge >= 0.3 is 0 Å². The van der Waals surface area contributed by atoms with Crippen molar-refractivity contribution in [3.05, 3.63) is 17.6 Å². The first-order valence-electron chi connectivity index (χ1n) is 5.40. The van der Waals surface area contributed by atoms with Crippen molar-refractivity contribution in [2.45, 2.75) is 19.8 Å². The lowest BCUT2D eigenvalue weighted by Crippen LogP contribution is -1.92. The van der Waals surface area contributed by atoms with Gasteiger partial charge in [-0.3, -0.25) is 0 Å². The molecule has 16 heavy (non-hydrogen) atoms. The molecule has 0 spiro atoms. The van der Waals surface area contributed by atoms with Crippen LogP contribution in [0.15, 0.2) is 11.8 Å². The Morgan fingerprint density at radius 3 is 3.06 bits per heavy atom. The summed E-state index contributed by atoms with van der Waals surface area (Å²) in [5, 5.41) is 0. The van der Waals surface area contributed by atoms with Crippen molar-refractivity contribution in [3.63, 3.8) is 0 Å². The number of hydrogen-bond acceptors (Lipinski definition) is 4. The van der Waals surface area contributed by atoms with Gasteiger partial charge in [-0.2, -0.15) is 4.98 Å². The van der Waals surface area contributed by atoms with Gasteiger partial charge in [0.05, 0.1) is 12.8 Å². The number of fused-ring (bicyclic) bond motifs is 1. The molecule has 0 radical (unpaired) electrons. The lowest BCUT2D eigenvalue weighted by Gasteiger charge is -1.92. The zero-order valence-corrected chi connectivity index (χ0v) is 9.03. The van der Waals surface area contributed by atoms with E-state index in [1.165, 1.54) is 18.4 Å². The van der Waals surface area contributed by atoms with E-state index in [2.05, 4.69) is 19.9 Å². The zero-order chi connectivity index (χ0) is 11.0. The topological polar surface area (TPSA) is 63.7 Å². The summed E-state index contributed by atoms with van der Waals surface area (Å²) in [6.07, 6.45) is 6.11. The van der Waals surface area contributed by atoms with Crippen molar-refractivity contribution in [3.8, 4) is 6.01 Å². The van der Waals surface area contributed by atoms with Crippen LogP contribution in [0.1, 0.15) is 25.6 Å². The lowest BCUT2D eigenvalue weighted by molar-refractivity contribution is 0.317. The second kappa shape index (κ2) is 3.59. The number of ether oxygens (including phenoxy) is 1. The van der Waals surface area contributed by atoms with Crippen LogP contribution in [0.2, 0.25) is 0 Å². The SMILES string of the molecule is CCOc1nc2nc(C=C3CC3)ncc2[nH]1. The van der Waals surface area contributed by atoms with Crippen LogP contribution in [-0.2, 0) is 0 Å². The van der Waals surface area contributed by atoms with E-state index < -0.39 is 0 Å². The highest BCUT2D eigenvalue weighted by atomic mass is 16.5. The molecule has 1 aliphatic carbocycles. The molecule has 1 fully saturated rings. The maximum Gasteiger partial charge on any atom is 0.296 e. The van der Waals surface area contributed by atoms with Gasteiger partial charge in [0.1, 0.15) is 5.52 Å². The minimum atomic E-state index is 0.503. The van der Waals surface area contributed by atoms with Crippen molar-refractivity contribution in [2.24, 2.45) is 0 Å². The minimum absolute atomic E-state index is 0.503. The Kier molecular flexibility index (Phi) is 2.09. The Bertz CT molecular complexity index is 552. The molecule has 2 aromatic heterocycles. The molecule has 0 aromatic carbocycles. The Morgan fingerprint density at radius 1 is 1.44 bits per heavy atom. The average molecular weight is 216 g/mol. The number of nitrogens with one attached hydrogen (secondary N) is 1. The van der Waals surface area contributed by atoms with E-state index in [1.54, 1.807) is 6.20 Å². The summed E-state index contributed by atoms with van der Waals surface area (Å²) in [6, 6.07) is 0.503. The summed E-state index contributed by atoms with van der Waals surface area (Å²) in [6.45, 7) is 2.51. The highest BCUT2D eigenvalue weighted by molar-refractivity contribution is 5.71. The van der Waals surface area contributed by atoms with Gasteiger partial charge in [-0.25, -0.2) is 9.97 Å². The summed E-state index contributed by atoms with van der Waals surface area (Å²) < 4.78 is 5.27. The van der Waals surface area contributed by atoms with E-state index in [-0.39, 0.29) is 0 Å². The maximum absolute atomic E-state index is 5.27. The number of aromatic amines is 1. The smallest absolute Gasteiger partial charge is 0.296 e. The number of allylic oxidation sites excluding steroid dienone is 1. The number of aromatic nitrogens is 4. The minimum Gasteiger partial charge on any atom is -0.465 e. The Labute approximate surface area is 92.6 Å². The van der Waals surface area contributed by atoms with Gasteiger partial charge in [-0.1, -0.05) is 5.57 Å². The molecule has 5 heteroatoms. The summed E-state index contributed by atoms with van der Waals surface area (Å²) >= 11 is 0. The van der Waals surface area contributed by atoms with E-state index >= 15 is 0 Å². The number of imidazole rings is 1. The third kappa shape index (κ3) is 1.76. The quantitative estimate of drug-likeness (QED) is 0.851. The first kappa shape index (κ1) is 9.33. The van der Waals surface area contributed by atoms with Gasteiger partial charge < -0.3 is 9.72 Å². The van der Waals surface area contributed by atoms with Gasteiger partial charge in [0, 0.05) is 0 Å². The molecule has 1 N–H and O–H groups in total. The Morgan fingerprint density at radius 2 is 2.31 bits per heavy atom. The predicted octanol–water partition coefficient (Wildman–Crippen LogP) is 1.93. The first-order valence-corrected chi connectivity index (χ1v) is 5.40. The third-order valence-corrected chi connectivity index (χ3v) is 2.39. The zero-order valence-electron chi connectivity index (χ0n) is 9.03. The van der Waals surface area contributed by atoms with E-state index in [0.29, 0.717) is 18.3 Å². The summed E-state index contributed by atoms with van der Waals surface area (Å²) in [7, 11) is 0. The number of hydrogen-bond donors (Lipinski definition) is 1. The number of rotatable bonds is 3. The fraction of sp³-hybridized carbons (Fsp3) is 0.364. The average Bonchev–Trinajstić information content (AvgIpc) is 2.97. The highest BCUT2D eigenvalue weighted by Crippen LogP contribution is 2.29. The molecule has 2 heterocycles. The molecule has 0 amide bonds. The van der Waals surface area contributed by atoms with Crippen molar-refractivity contribution in [2.75, 3.05) is 6.61 Å². The van der Waals surface area contributed by atoms with Crippen LogP contribution in [0.5, 0.6) is 6.01 Å². The van der Waals surface area contributed by atoms with Crippen LogP contribution in [0, 0.1) is 0 Å². The van der Waals surface area contributed by atoms with Crippen molar-refractivity contribution in [1.82, 2.24) is 19.9 Å². The van der Waals surface area contributed by atoms with Gasteiger partial charge in [-0.15, -0.1) is 0 Å². The molecule has 0 aliphatic heterocycles. The fourth-order valence-corrected chi connectivity index (χ4v) is 1.47. The van der Waals surface area contributed by atoms with Crippen LogP contribution in [0.3, 0.4) is 0 Å². The van der Waals surface area contributed by atoms with Crippen molar-refractivity contribution < 1.29 is 4.74 Å². The molecule has 5 nitrogen and oxygen atoms in total. The molecule has 82 valence electrons. The van der Waals surface area contributed by atoms with Crippen molar-refractivity contribution >= 4 is 17.2 Å². The van der Waals surface area contributed by atoms with Crippen LogP contribution in [0.4, 0.5) is 0 Å². The fourth-order valence-electron chi connectivity index (χ4n) is 1.47. The van der Waals surface area contributed by atoms with Gasteiger partial charge in [0.2, 0.25) is 0 Å². The van der Waals surface area contributed by atoms with Crippen molar-refractivity contribution in [1.29, 1.82) is 0 Å². The molecular formula is C11H12N4O. The van der Waals surface area contributed by atoms with Gasteiger partial charge in [0.15, 0.2) is 11.5 Å². The standard InChI is InChI=1S/C11H12N4O/c1-2-16-11-13-8-6-12-9(5-7-3-4-7)14-10(8)15-11/h5-6H,2-4H2,1H3,(H,12,13,14,15). The molecule has 0 bridgehead atoms. The van der Waals surface area contributed by atoms with Gasteiger partial charge in [-0.05, 0) is 25.8 Å². The van der Waals surface area contributed by atoms with Gasteiger partial charge in [0.25, 0.3) is 6.01 Å². The van der Waals surface area contributed by atoms with Crippen LogP contribution in [-0.4, -0.2) is 26.5 Å². The molecule has 0 atom stereocenters. The molecule has 0 unspecified atom stereocenters.